The van der Waals surface area contributed by atoms with Gasteiger partial charge in [-0.2, -0.15) is 0 Å². The maximum Gasteiger partial charge on any atom is 0.253 e. The number of amides is 1. The lowest BCUT2D eigenvalue weighted by molar-refractivity contribution is -0.148. The second kappa shape index (κ2) is 4.72. The molecule has 2 aliphatic heterocycles. The average molecular weight is 226 g/mol. The Hall–Kier alpha value is -0.610. The van der Waals surface area contributed by atoms with Crippen LogP contribution >= 0.6 is 0 Å². The summed E-state index contributed by atoms with van der Waals surface area (Å²) in [4.78, 5) is 14.2. The van der Waals surface area contributed by atoms with Crippen molar-refractivity contribution in [1.29, 1.82) is 0 Å². The number of nitrogens with zero attached hydrogens (tertiary/aromatic N) is 1. The molecule has 2 aliphatic rings. The smallest absolute Gasteiger partial charge is 0.253 e. The average Bonchev–Trinajstić information content (AvgIpc) is 2.28. The van der Waals surface area contributed by atoms with Crippen molar-refractivity contribution >= 4 is 5.91 Å². The summed E-state index contributed by atoms with van der Waals surface area (Å²) < 4.78 is 5.51. The largest absolute Gasteiger partial charge is 0.366 e. The van der Waals surface area contributed by atoms with Crippen molar-refractivity contribution in [3.8, 4) is 0 Å². The van der Waals surface area contributed by atoms with E-state index in [1.54, 1.807) is 0 Å². The molecule has 1 atom stereocenters. The Morgan fingerprint density at radius 3 is 2.94 bits per heavy atom. The van der Waals surface area contributed by atoms with Crippen LogP contribution < -0.4 is 5.32 Å². The van der Waals surface area contributed by atoms with Crippen LogP contribution in [-0.2, 0) is 9.53 Å². The summed E-state index contributed by atoms with van der Waals surface area (Å²) in [5, 5.41) is 3.20. The number of rotatable bonds is 1. The van der Waals surface area contributed by atoms with Crippen molar-refractivity contribution in [2.24, 2.45) is 5.41 Å². The van der Waals surface area contributed by atoms with Crippen LogP contribution in [0.5, 0.6) is 0 Å². The van der Waals surface area contributed by atoms with Crippen molar-refractivity contribution in [2.75, 3.05) is 32.8 Å². The monoisotopic (exact) mass is 226 g/mol. The zero-order valence-electron chi connectivity index (χ0n) is 10.3. The predicted octanol–water partition coefficient (Wildman–Crippen LogP) is 0.623. The van der Waals surface area contributed by atoms with E-state index in [4.69, 9.17) is 4.74 Å². The van der Waals surface area contributed by atoms with Gasteiger partial charge in [0.15, 0.2) is 0 Å². The van der Waals surface area contributed by atoms with Crippen LogP contribution in [0.3, 0.4) is 0 Å². The Balaban J connectivity index is 1.93. The van der Waals surface area contributed by atoms with Crippen LogP contribution in [0.25, 0.3) is 0 Å². The molecule has 0 aromatic rings. The number of piperidine rings is 1. The van der Waals surface area contributed by atoms with Crippen molar-refractivity contribution in [1.82, 2.24) is 10.2 Å². The molecular formula is C12H22N2O2. The molecule has 0 aromatic carbocycles. The summed E-state index contributed by atoms with van der Waals surface area (Å²) in [6.45, 7) is 8.38. The molecule has 1 N–H and O–H groups in total. The van der Waals surface area contributed by atoms with E-state index in [1.165, 1.54) is 6.42 Å². The molecule has 0 saturated carbocycles. The topological polar surface area (TPSA) is 41.6 Å². The van der Waals surface area contributed by atoms with E-state index in [-0.39, 0.29) is 17.4 Å². The zero-order valence-corrected chi connectivity index (χ0v) is 10.3. The fraction of sp³-hybridized carbons (Fsp3) is 0.917. The molecule has 16 heavy (non-hydrogen) atoms. The second-order valence-electron chi connectivity index (χ2n) is 5.59. The molecular weight excluding hydrogens is 204 g/mol. The van der Waals surface area contributed by atoms with Crippen LogP contribution in [0.1, 0.15) is 26.7 Å². The van der Waals surface area contributed by atoms with Gasteiger partial charge in [-0.05, 0) is 18.3 Å². The summed E-state index contributed by atoms with van der Waals surface area (Å²) in [5.41, 5.74) is 0.260. The van der Waals surface area contributed by atoms with Gasteiger partial charge in [-0.3, -0.25) is 4.79 Å². The Morgan fingerprint density at radius 2 is 2.31 bits per heavy atom. The second-order valence-corrected chi connectivity index (χ2v) is 5.59. The quantitative estimate of drug-likeness (QED) is 0.713. The summed E-state index contributed by atoms with van der Waals surface area (Å²) >= 11 is 0. The number of hydrogen-bond donors (Lipinski definition) is 1. The lowest BCUT2D eigenvalue weighted by Crippen LogP contribution is -2.53. The highest BCUT2D eigenvalue weighted by molar-refractivity contribution is 5.81. The molecule has 0 radical (unpaired) electrons. The zero-order chi connectivity index (χ0) is 11.6. The van der Waals surface area contributed by atoms with Crippen LogP contribution in [0, 0.1) is 5.41 Å². The molecule has 4 nitrogen and oxygen atoms in total. The first-order chi connectivity index (χ1) is 7.58. The molecule has 2 fully saturated rings. The first-order valence-electron chi connectivity index (χ1n) is 6.20. The van der Waals surface area contributed by atoms with Crippen molar-refractivity contribution < 1.29 is 9.53 Å². The molecule has 4 heteroatoms. The maximum atomic E-state index is 12.2. The third-order valence-electron chi connectivity index (χ3n) is 3.42. The van der Waals surface area contributed by atoms with Gasteiger partial charge in [0.1, 0.15) is 6.10 Å². The van der Waals surface area contributed by atoms with Crippen molar-refractivity contribution in [2.45, 2.75) is 32.8 Å². The molecule has 0 aromatic heterocycles. The number of hydrogen-bond acceptors (Lipinski definition) is 3. The van der Waals surface area contributed by atoms with Gasteiger partial charge in [0.2, 0.25) is 0 Å². The van der Waals surface area contributed by atoms with Gasteiger partial charge in [0, 0.05) is 26.2 Å². The summed E-state index contributed by atoms with van der Waals surface area (Å²) in [5.74, 6) is 0.167. The third-order valence-corrected chi connectivity index (χ3v) is 3.42. The SMILES string of the molecule is CC1(C)CCCN(C(=O)C2CNCCO2)C1. The Bertz CT molecular complexity index is 260. The molecule has 2 saturated heterocycles. The minimum Gasteiger partial charge on any atom is -0.366 e. The molecule has 1 unspecified atom stereocenters. The van der Waals surface area contributed by atoms with Gasteiger partial charge in [-0.15, -0.1) is 0 Å². The first-order valence-corrected chi connectivity index (χ1v) is 6.20. The number of morpholine rings is 1. The van der Waals surface area contributed by atoms with Gasteiger partial charge in [0.05, 0.1) is 6.61 Å². The lowest BCUT2D eigenvalue weighted by Gasteiger charge is -2.40. The fourth-order valence-electron chi connectivity index (χ4n) is 2.54. The van der Waals surface area contributed by atoms with E-state index >= 15 is 0 Å². The van der Waals surface area contributed by atoms with Gasteiger partial charge in [-0.1, -0.05) is 13.8 Å². The number of carbonyl (C=O) groups is 1. The number of carbonyl (C=O) groups excluding carboxylic acids is 1. The summed E-state index contributed by atoms with van der Waals surface area (Å²) in [6, 6.07) is 0. The van der Waals surface area contributed by atoms with E-state index in [0.717, 1.165) is 26.1 Å². The highest BCUT2D eigenvalue weighted by Gasteiger charge is 2.33. The van der Waals surface area contributed by atoms with Crippen LogP contribution in [0.15, 0.2) is 0 Å². The Morgan fingerprint density at radius 1 is 1.50 bits per heavy atom. The maximum absolute atomic E-state index is 12.2. The van der Waals surface area contributed by atoms with Crippen LogP contribution in [0.4, 0.5) is 0 Å². The Kier molecular flexibility index (Phi) is 3.50. The third kappa shape index (κ3) is 2.74. The van der Waals surface area contributed by atoms with Gasteiger partial charge in [0.25, 0.3) is 5.91 Å². The predicted molar refractivity (Wildman–Crippen MR) is 62.2 cm³/mol. The van der Waals surface area contributed by atoms with Crippen LogP contribution in [0.2, 0.25) is 0 Å². The van der Waals surface area contributed by atoms with E-state index in [0.29, 0.717) is 13.2 Å². The number of likely N-dealkylation sites (tertiary alicyclic amines) is 1. The highest BCUT2D eigenvalue weighted by Crippen LogP contribution is 2.28. The summed E-state index contributed by atoms with van der Waals surface area (Å²) in [7, 11) is 0. The van der Waals surface area contributed by atoms with E-state index in [1.807, 2.05) is 4.90 Å². The standard InChI is InChI=1S/C12H22N2O2/c1-12(2)4-3-6-14(9-12)11(15)10-8-13-5-7-16-10/h10,13H,3-9H2,1-2H3. The van der Waals surface area contributed by atoms with E-state index in [9.17, 15) is 4.79 Å². The molecule has 0 spiro atoms. The van der Waals surface area contributed by atoms with Crippen molar-refractivity contribution in [3.63, 3.8) is 0 Å². The highest BCUT2D eigenvalue weighted by atomic mass is 16.5. The van der Waals surface area contributed by atoms with E-state index in [2.05, 4.69) is 19.2 Å². The molecule has 2 rings (SSSR count). The minimum atomic E-state index is -0.261. The van der Waals surface area contributed by atoms with Gasteiger partial charge in [-0.25, -0.2) is 0 Å². The summed E-state index contributed by atoms with van der Waals surface area (Å²) in [6.07, 6.45) is 2.06. The molecule has 92 valence electrons. The normalized spacial score (nSPS) is 30.1. The number of nitrogens with one attached hydrogen (secondary N) is 1. The van der Waals surface area contributed by atoms with Gasteiger partial charge < -0.3 is 15.0 Å². The van der Waals surface area contributed by atoms with Crippen LogP contribution in [-0.4, -0.2) is 49.7 Å². The molecule has 2 heterocycles. The minimum absolute atomic E-state index is 0.167. The molecule has 1 amide bonds. The fourth-order valence-corrected chi connectivity index (χ4v) is 2.54. The number of ether oxygens (including phenoxy) is 1. The van der Waals surface area contributed by atoms with Crippen molar-refractivity contribution in [3.05, 3.63) is 0 Å². The Labute approximate surface area is 97.3 Å². The van der Waals surface area contributed by atoms with Gasteiger partial charge >= 0.3 is 0 Å². The molecule has 0 bridgehead atoms. The first kappa shape index (κ1) is 11.9. The molecule has 0 aliphatic carbocycles. The lowest BCUT2D eigenvalue weighted by atomic mass is 9.84. The van der Waals surface area contributed by atoms with E-state index < -0.39 is 0 Å².